The molecule has 3 aliphatic rings. The van der Waals surface area contributed by atoms with E-state index >= 15 is 0 Å². The monoisotopic (exact) mass is 686 g/mol. The minimum atomic E-state index is -0.0873. The Morgan fingerprint density at radius 3 is 1.67 bits per heavy atom. The van der Waals surface area contributed by atoms with E-state index in [2.05, 4.69) is 116 Å². The maximum atomic E-state index is 12.6. The minimum Gasteiger partial charge on any atom is -0.496 e. The van der Waals surface area contributed by atoms with Crippen molar-refractivity contribution in [2.24, 2.45) is 5.92 Å². The molecule has 1 fully saturated rings. The van der Waals surface area contributed by atoms with E-state index in [1.807, 2.05) is 25.1 Å². The number of benzene rings is 4. The zero-order chi connectivity index (χ0) is 37.1. The fourth-order valence-electron chi connectivity index (χ4n) is 7.54. The first kappa shape index (κ1) is 38.1. The van der Waals surface area contributed by atoms with Gasteiger partial charge in [-0.3, -0.25) is 4.79 Å². The molecule has 4 aromatic carbocycles. The average molecular weight is 687 g/mol. The highest BCUT2D eigenvalue weighted by Gasteiger charge is 2.35. The Kier molecular flexibility index (Phi) is 11.7. The lowest BCUT2D eigenvalue weighted by Crippen LogP contribution is -2.15. The van der Waals surface area contributed by atoms with E-state index in [9.17, 15) is 4.79 Å². The number of carbonyl (C=O) groups is 1. The van der Waals surface area contributed by atoms with E-state index in [1.54, 1.807) is 14.2 Å². The van der Waals surface area contributed by atoms with Crippen LogP contribution < -0.4 is 9.47 Å². The first-order chi connectivity index (χ1) is 24.1. The third-order valence-electron chi connectivity index (χ3n) is 10.2. The zero-order valence-corrected chi connectivity index (χ0v) is 32.8. The van der Waals surface area contributed by atoms with Gasteiger partial charge in [0.05, 0.1) is 20.3 Å². The van der Waals surface area contributed by atoms with Gasteiger partial charge in [0, 0.05) is 40.3 Å². The lowest BCUT2D eigenvalue weighted by Gasteiger charge is -2.26. The number of carbonyl (C=O) groups excluding carboxylic acids is 1. The largest absolute Gasteiger partial charge is 0.496 e. The van der Waals surface area contributed by atoms with Gasteiger partial charge in [-0.25, -0.2) is 0 Å². The summed E-state index contributed by atoms with van der Waals surface area (Å²) in [5.74, 6) is 2.24. The molecule has 2 aliphatic carbocycles. The van der Waals surface area contributed by atoms with E-state index in [0.29, 0.717) is 6.10 Å². The third kappa shape index (κ3) is 8.33. The van der Waals surface area contributed by atoms with Crippen LogP contribution in [0.2, 0.25) is 0 Å². The summed E-state index contributed by atoms with van der Waals surface area (Å²) in [5.41, 5.74) is 13.2. The summed E-state index contributed by atoms with van der Waals surface area (Å²) in [7, 11) is 3.52. The second-order valence-electron chi connectivity index (χ2n) is 16.5. The fraction of sp³-hybridized carbons (Fsp3) is 0.426. The smallest absolute Gasteiger partial charge is 0.166 e. The number of fused-ring (bicyclic) bond motifs is 2. The van der Waals surface area contributed by atoms with E-state index < -0.39 is 0 Å². The molecule has 0 amide bonds. The highest BCUT2D eigenvalue weighted by Crippen LogP contribution is 2.47. The summed E-state index contributed by atoms with van der Waals surface area (Å²) in [6.07, 6.45) is 7.20. The maximum Gasteiger partial charge on any atom is 0.166 e. The van der Waals surface area contributed by atoms with Gasteiger partial charge in [-0.05, 0) is 90.3 Å². The Morgan fingerprint density at radius 2 is 1.24 bits per heavy atom. The summed E-state index contributed by atoms with van der Waals surface area (Å²) in [4.78, 5) is 12.6. The van der Waals surface area contributed by atoms with Crippen molar-refractivity contribution in [2.75, 3.05) is 20.8 Å². The van der Waals surface area contributed by atoms with Crippen molar-refractivity contribution in [3.05, 3.63) is 112 Å². The number of ketones is 1. The second kappa shape index (κ2) is 15.6. The van der Waals surface area contributed by atoms with Gasteiger partial charge in [0.25, 0.3) is 0 Å². The SMILES string of the molecule is CC1CCCO1.COc1c(C(C)(C)C)cc2c(c1-c1ccccc1)CC(C)=C2.COc1c(C(C)(C)C)cc2c(c1-c1ccccc1)CC(C)C2=O. The summed E-state index contributed by atoms with van der Waals surface area (Å²) in [6, 6.07) is 25.3. The molecule has 0 saturated carbocycles. The molecule has 7 rings (SSSR count). The molecule has 4 aromatic rings. The number of rotatable bonds is 4. The van der Waals surface area contributed by atoms with Gasteiger partial charge in [0.2, 0.25) is 0 Å². The average Bonchev–Trinajstić information content (AvgIpc) is 3.81. The number of ether oxygens (including phenoxy) is 3. The summed E-state index contributed by atoms with van der Waals surface area (Å²) in [6.45, 7) is 20.6. The van der Waals surface area contributed by atoms with Crippen molar-refractivity contribution in [1.29, 1.82) is 0 Å². The van der Waals surface area contributed by atoms with Crippen LogP contribution in [0, 0.1) is 5.92 Å². The molecule has 0 bridgehead atoms. The Labute approximate surface area is 307 Å². The van der Waals surface area contributed by atoms with Crippen LogP contribution in [-0.2, 0) is 28.4 Å². The molecule has 51 heavy (non-hydrogen) atoms. The van der Waals surface area contributed by atoms with Gasteiger partial charge in [0.15, 0.2) is 5.78 Å². The molecule has 4 nitrogen and oxygen atoms in total. The Balaban J connectivity index is 0.000000170. The molecule has 2 unspecified atom stereocenters. The number of hydrogen-bond donors (Lipinski definition) is 0. The minimum absolute atomic E-state index is 0.0485. The van der Waals surface area contributed by atoms with Crippen LogP contribution >= 0.6 is 0 Å². The van der Waals surface area contributed by atoms with Crippen LogP contribution in [0.15, 0.2) is 78.4 Å². The molecular formula is C47H58O4. The molecule has 1 aliphatic heterocycles. The van der Waals surface area contributed by atoms with Crippen molar-refractivity contribution in [2.45, 2.75) is 105 Å². The Morgan fingerprint density at radius 1 is 0.725 bits per heavy atom. The lowest BCUT2D eigenvalue weighted by atomic mass is 9.81. The van der Waals surface area contributed by atoms with E-state index in [1.165, 1.54) is 46.2 Å². The van der Waals surface area contributed by atoms with Gasteiger partial charge < -0.3 is 14.2 Å². The van der Waals surface area contributed by atoms with Gasteiger partial charge in [-0.1, -0.05) is 121 Å². The molecule has 0 N–H and O–H groups in total. The van der Waals surface area contributed by atoms with E-state index in [0.717, 1.165) is 58.8 Å². The second-order valence-corrected chi connectivity index (χ2v) is 16.5. The first-order valence-corrected chi connectivity index (χ1v) is 18.6. The molecule has 1 saturated heterocycles. The Bertz CT molecular complexity index is 1860. The highest BCUT2D eigenvalue weighted by molar-refractivity contribution is 6.05. The lowest BCUT2D eigenvalue weighted by molar-refractivity contribution is 0.0946. The van der Waals surface area contributed by atoms with Crippen molar-refractivity contribution >= 4 is 11.9 Å². The predicted molar refractivity (Wildman–Crippen MR) is 213 cm³/mol. The van der Waals surface area contributed by atoms with E-state index in [4.69, 9.17) is 14.2 Å². The molecule has 0 radical (unpaired) electrons. The van der Waals surface area contributed by atoms with Crippen LogP contribution in [0.1, 0.15) is 113 Å². The molecule has 1 heterocycles. The van der Waals surface area contributed by atoms with Gasteiger partial charge in [0.1, 0.15) is 11.5 Å². The van der Waals surface area contributed by atoms with Crippen LogP contribution in [0.4, 0.5) is 0 Å². The van der Waals surface area contributed by atoms with Crippen LogP contribution in [0.5, 0.6) is 11.5 Å². The molecule has 0 aromatic heterocycles. The van der Waals surface area contributed by atoms with Crippen molar-refractivity contribution in [1.82, 2.24) is 0 Å². The summed E-state index contributed by atoms with van der Waals surface area (Å²) in [5, 5.41) is 0. The standard InChI is InChI=1S/C21H24O2.C21H24O.C5H10O/c1-13-11-15-16(19(13)22)12-17(21(2,3)4)20(23-5)18(15)14-9-7-6-8-10-14;1-14-11-16-13-18(21(2,3)4)20(22-5)19(17(16)12-14)15-9-7-6-8-10-15;1-5-3-2-4-6-5/h6-10,12-13H,11H2,1-5H3;6-11,13H,12H2,1-5H3;5H,2-4H2,1H3. The van der Waals surface area contributed by atoms with Gasteiger partial charge >= 0.3 is 0 Å². The number of Topliss-reactive ketones (excluding diaryl/α,β-unsaturated/α-hetero) is 1. The number of hydrogen-bond acceptors (Lipinski definition) is 4. The first-order valence-electron chi connectivity index (χ1n) is 18.6. The molecule has 2 atom stereocenters. The van der Waals surface area contributed by atoms with Crippen molar-refractivity contribution < 1.29 is 19.0 Å². The highest BCUT2D eigenvalue weighted by atomic mass is 16.5. The summed E-state index contributed by atoms with van der Waals surface area (Å²) < 4.78 is 16.9. The zero-order valence-electron chi connectivity index (χ0n) is 32.8. The Hall–Kier alpha value is -4.15. The topological polar surface area (TPSA) is 44.8 Å². The molecule has 270 valence electrons. The summed E-state index contributed by atoms with van der Waals surface area (Å²) >= 11 is 0. The quantitative estimate of drug-likeness (QED) is 0.214. The molecular weight excluding hydrogens is 629 g/mol. The van der Waals surface area contributed by atoms with Crippen LogP contribution in [0.25, 0.3) is 28.3 Å². The van der Waals surface area contributed by atoms with Crippen LogP contribution in [0.3, 0.4) is 0 Å². The third-order valence-corrected chi connectivity index (χ3v) is 10.2. The molecule has 0 spiro atoms. The normalized spacial score (nSPS) is 17.8. The number of methoxy groups -OCH3 is 2. The van der Waals surface area contributed by atoms with Crippen molar-refractivity contribution in [3.8, 4) is 33.8 Å². The predicted octanol–water partition coefficient (Wildman–Crippen LogP) is 11.8. The van der Waals surface area contributed by atoms with Gasteiger partial charge in [-0.15, -0.1) is 0 Å². The molecule has 4 heteroatoms. The van der Waals surface area contributed by atoms with Crippen LogP contribution in [-0.4, -0.2) is 32.7 Å². The van der Waals surface area contributed by atoms with E-state index in [-0.39, 0.29) is 22.5 Å². The maximum absolute atomic E-state index is 12.6. The van der Waals surface area contributed by atoms with Gasteiger partial charge in [-0.2, -0.15) is 0 Å². The van der Waals surface area contributed by atoms with Crippen molar-refractivity contribution in [3.63, 3.8) is 0 Å². The fourth-order valence-corrected chi connectivity index (χ4v) is 7.54. The number of allylic oxidation sites excluding steroid dienone is 1.